The van der Waals surface area contributed by atoms with Gasteiger partial charge in [0.25, 0.3) is 5.91 Å². The van der Waals surface area contributed by atoms with Gasteiger partial charge in [-0.1, -0.05) is 43.7 Å². The summed E-state index contributed by atoms with van der Waals surface area (Å²) in [6.45, 7) is 4.56. The lowest BCUT2D eigenvalue weighted by molar-refractivity contribution is -0.127. The number of rotatable bonds is 6. The van der Waals surface area contributed by atoms with E-state index in [-0.39, 0.29) is 5.91 Å². The highest BCUT2D eigenvalue weighted by Gasteiger charge is 2.16. The van der Waals surface area contributed by atoms with Crippen molar-refractivity contribution in [2.24, 2.45) is 0 Å². The van der Waals surface area contributed by atoms with Gasteiger partial charge >= 0.3 is 0 Å². The maximum absolute atomic E-state index is 11.9. The summed E-state index contributed by atoms with van der Waals surface area (Å²) in [7, 11) is 0. The zero-order chi connectivity index (χ0) is 15.2. The van der Waals surface area contributed by atoms with Crippen LogP contribution in [0.5, 0.6) is 5.75 Å². The molecule has 3 nitrogen and oxygen atoms in total. The molecule has 112 valence electrons. The van der Waals surface area contributed by atoms with E-state index in [1.807, 2.05) is 36.4 Å². The van der Waals surface area contributed by atoms with Crippen LogP contribution in [0.3, 0.4) is 0 Å². The Hall–Kier alpha value is -1.55. The number of carbonyl (C=O) groups is 1. The maximum atomic E-state index is 11.9. The van der Waals surface area contributed by atoms with Gasteiger partial charge in [0.2, 0.25) is 0 Å². The molecule has 2 aromatic carbocycles. The van der Waals surface area contributed by atoms with E-state index in [2.05, 4.69) is 28.2 Å². The van der Waals surface area contributed by atoms with Crippen molar-refractivity contribution in [3.05, 3.63) is 40.9 Å². The molecule has 2 rings (SSSR count). The van der Waals surface area contributed by atoms with Gasteiger partial charge in [-0.05, 0) is 46.1 Å². The van der Waals surface area contributed by atoms with Crippen LogP contribution in [0.25, 0.3) is 10.8 Å². The van der Waals surface area contributed by atoms with E-state index in [1.165, 1.54) is 0 Å². The molecule has 0 aliphatic rings. The number of fused-ring (bicyclic) bond motifs is 1. The van der Waals surface area contributed by atoms with Gasteiger partial charge in [0, 0.05) is 6.54 Å². The van der Waals surface area contributed by atoms with Crippen LogP contribution in [0.4, 0.5) is 0 Å². The number of hydrogen-bond acceptors (Lipinski definition) is 2. The van der Waals surface area contributed by atoms with Crippen LogP contribution in [0.2, 0.25) is 0 Å². The van der Waals surface area contributed by atoms with Crippen LogP contribution in [0.1, 0.15) is 26.7 Å². The van der Waals surface area contributed by atoms with Crippen molar-refractivity contribution < 1.29 is 9.53 Å². The Morgan fingerprint density at radius 2 is 2.05 bits per heavy atom. The second-order valence-electron chi connectivity index (χ2n) is 5.00. The fourth-order valence-corrected chi connectivity index (χ4v) is 2.67. The standard InChI is InChI=1S/C17H20BrNO2/c1-3-4-11-19-17(20)12(2)21-15-10-9-13-7-5-6-8-14(13)16(15)18/h5-10,12H,3-4,11H2,1-2H3,(H,19,20). The molecule has 1 N–H and O–H groups in total. The lowest BCUT2D eigenvalue weighted by Crippen LogP contribution is -2.36. The molecule has 1 amide bonds. The number of ether oxygens (including phenoxy) is 1. The molecule has 1 atom stereocenters. The smallest absolute Gasteiger partial charge is 0.260 e. The van der Waals surface area contributed by atoms with Gasteiger partial charge in [-0.3, -0.25) is 4.79 Å². The average Bonchev–Trinajstić information content (AvgIpc) is 2.50. The molecule has 0 aliphatic heterocycles. The first-order valence-corrected chi connectivity index (χ1v) is 8.04. The third-order valence-corrected chi connectivity index (χ3v) is 4.15. The number of nitrogens with one attached hydrogen (secondary N) is 1. The zero-order valence-electron chi connectivity index (χ0n) is 12.4. The fourth-order valence-electron chi connectivity index (χ4n) is 2.08. The van der Waals surface area contributed by atoms with Crippen molar-refractivity contribution in [2.45, 2.75) is 32.8 Å². The lowest BCUT2D eigenvalue weighted by atomic mass is 10.1. The molecule has 0 saturated carbocycles. The van der Waals surface area contributed by atoms with Gasteiger partial charge in [0.1, 0.15) is 5.75 Å². The first-order chi connectivity index (χ1) is 10.1. The van der Waals surface area contributed by atoms with Gasteiger partial charge in [0.15, 0.2) is 6.10 Å². The highest BCUT2D eigenvalue weighted by Crippen LogP contribution is 2.33. The predicted molar refractivity (Wildman–Crippen MR) is 89.7 cm³/mol. The normalized spacial score (nSPS) is 12.1. The lowest BCUT2D eigenvalue weighted by Gasteiger charge is -2.16. The monoisotopic (exact) mass is 349 g/mol. The van der Waals surface area contributed by atoms with Crippen LogP contribution in [0.15, 0.2) is 40.9 Å². The van der Waals surface area contributed by atoms with Crippen molar-refractivity contribution >= 4 is 32.6 Å². The Bertz CT molecular complexity index is 627. The van der Waals surface area contributed by atoms with Crippen molar-refractivity contribution in [2.75, 3.05) is 6.54 Å². The molecular formula is C17H20BrNO2. The minimum atomic E-state index is -0.515. The molecule has 0 fully saturated rings. The Balaban J connectivity index is 2.09. The summed E-state index contributed by atoms with van der Waals surface area (Å²) in [6, 6.07) is 11.9. The van der Waals surface area contributed by atoms with Gasteiger partial charge < -0.3 is 10.1 Å². The molecule has 0 heterocycles. The SMILES string of the molecule is CCCCNC(=O)C(C)Oc1ccc2ccccc2c1Br. The number of unbranched alkanes of at least 4 members (excludes halogenated alkanes) is 1. The van der Waals surface area contributed by atoms with E-state index < -0.39 is 6.10 Å². The van der Waals surface area contributed by atoms with Crippen molar-refractivity contribution in [3.63, 3.8) is 0 Å². The molecular weight excluding hydrogens is 330 g/mol. The Morgan fingerprint density at radius 3 is 2.81 bits per heavy atom. The molecule has 21 heavy (non-hydrogen) atoms. The summed E-state index contributed by atoms with van der Waals surface area (Å²) in [4.78, 5) is 11.9. The van der Waals surface area contributed by atoms with Gasteiger partial charge in [-0.15, -0.1) is 0 Å². The summed E-state index contributed by atoms with van der Waals surface area (Å²) in [6.07, 6.45) is 1.53. The molecule has 2 aromatic rings. The van der Waals surface area contributed by atoms with Crippen LogP contribution in [-0.4, -0.2) is 18.6 Å². The number of amides is 1. The van der Waals surface area contributed by atoms with E-state index in [9.17, 15) is 4.79 Å². The van der Waals surface area contributed by atoms with Crippen LogP contribution in [0, 0.1) is 0 Å². The Kier molecular flexibility index (Phi) is 5.62. The van der Waals surface area contributed by atoms with Crippen LogP contribution in [-0.2, 0) is 4.79 Å². The highest BCUT2D eigenvalue weighted by molar-refractivity contribution is 9.10. The molecule has 0 radical (unpaired) electrons. The topological polar surface area (TPSA) is 38.3 Å². The molecule has 0 bridgehead atoms. The summed E-state index contributed by atoms with van der Waals surface area (Å²) in [5, 5.41) is 5.09. The molecule has 0 aliphatic carbocycles. The summed E-state index contributed by atoms with van der Waals surface area (Å²) in [5.74, 6) is 0.607. The van der Waals surface area contributed by atoms with Crippen molar-refractivity contribution in [3.8, 4) is 5.75 Å². The average molecular weight is 350 g/mol. The summed E-state index contributed by atoms with van der Waals surface area (Å²) < 4.78 is 6.67. The van der Waals surface area contributed by atoms with Gasteiger partial charge in [-0.2, -0.15) is 0 Å². The molecule has 1 unspecified atom stereocenters. The summed E-state index contributed by atoms with van der Waals surface area (Å²) in [5.41, 5.74) is 0. The van der Waals surface area contributed by atoms with Crippen LogP contribution >= 0.6 is 15.9 Å². The largest absolute Gasteiger partial charge is 0.480 e. The minimum absolute atomic E-state index is 0.0801. The summed E-state index contributed by atoms with van der Waals surface area (Å²) >= 11 is 3.57. The molecule has 4 heteroatoms. The molecule has 0 saturated heterocycles. The molecule has 0 spiro atoms. The van der Waals surface area contributed by atoms with Gasteiger partial charge in [-0.25, -0.2) is 0 Å². The predicted octanol–water partition coefficient (Wildman–Crippen LogP) is 4.29. The van der Waals surface area contributed by atoms with E-state index in [4.69, 9.17) is 4.74 Å². The number of benzene rings is 2. The van der Waals surface area contributed by atoms with E-state index >= 15 is 0 Å². The third kappa shape index (κ3) is 3.97. The van der Waals surface area contributed by atoms with E-state index in [0.29, 0.717) is 12.3 Å². The molecule has 0 aromatic heterocycles. The fraction of sp³-hybridized carbons (Fsp3) is 0.353. The highest BCUT2D eigenvalue weighted by atomic mass is 79.9. The van der Waals surface area contributed by atoms with Crippen LogP contribution < -0.4 is 10.1 Å². The van der Waals surface area contributed by atoms with Crippen molar-refractivity contribution in [1.29, 1.82) is 0 Å². The number of hydrogen-bond donors (Lipinski definition) is 1. The number of carbonyl (C=O) groups excluding carboxylic acids is 1. The minimum Gasteiger partial charge on any atom is -0.480 e. The van der Waals surface area contributed by atoms with E-state index in [0.717, 1.165) is 28.1 Å². The number of halogens is 1. The third-order valence-electron chi connectivity index (χ3n) is 3.33. The van der Waals surface area contributed by atoms with Crippen molar-refractivity contribution in [1.82, 2.24) is 5.32 Å². The quantitative estimate of drug-likeness (QED) is 0.790. The second kappa shape index (κ2) is 7.46. The van der Waals surface area contributed by atoms with E-state index in [1.54, 1.807) is 6.92 Å². The zero-order valence-corrected chi connectivity index (χ0v) is 13.9. The Labute approximate surface area is 133 Å². The second-order valence-corrected chi connectivity index (χ2v) is 5.80. The maximum Gasteiger partial charge on any atom is 0.260 e. The first kappa shape index (κ1) is 15.8. The van der Waals surface area contributed by atoms with Gasteiger partial charge in [0.05, 0.1) is 4.47 Å². The Morgan fingerprint density at radius 1 is 1.29 bits per heavy atom. The first-order valence-electron chi connectivity index (χ1n) is 7.25.